The molecule has 3 heterocycles. The molecule has 7 nitrogen and oxygen atoms in total. The van der Waals surface area contributed by atoms with Gasteiger partial charge in [-0.2, -0.15) is 13.2 Å². The summed E-state index contributed by atoms with van der Waals surface area (Å²) in [6.07, 6.45) is -0.456. The molecule has 0 amide bonds. The molecule has 0 spiro atoms. The summed E-state index contributed by atoms with van der Waals surface area (Å²) in [5, 5.41) is 16.6. The third-order valence-corrected chi connectivity index (χ3v) is 5.31. The molecule has 0 aliphatic carbocycles. The van der Waals surface area contributed by atoms with Crippen LogP contribution >= 0.6 is 0 Å². The lowest BCUT2D eigenvalue weighted by molar-refractivity contribution is -0.141. The Labute approximate surface area is 184 Å². The molecular weight excluding hydrogens is 423 g/mol. The van der Waals surface area contributed by atoms with Gasteiger partial charge in [-0.1, -0.05) is 18.7 Å². The number of benzene rings is 1. The molecule has 0 saturated carbocycles. The molecule has 1 aromatic heterocycles. The lowest BCUT2D eigenvalue weighted by atomic mass is 9.97. The first-order valence-corrected chi connectivity index (χ1v) is 10.4. The predicted molar refractivity (Wildman–Crippen MR) is 115 cm³/mol. The Morgan fingerprint density at radius 3 is 2.81 bits per heavy atom. The molecule has 0 bridgehead atoms. The average molecular weight is 451 g/mol. The highest BCUT2D eigenvalue weighted by atomic mass is 19.4. The summed E-state index contributed by atoms with van der Waals surface area (Å²) in [6, 6.07) is 6.51. The van der Waals surface area contributed by atoms with Crippen molar-refractivity contribution in [3.05, 3.63) is 59.6 Å². The van der Waals surface area contributed by atoms with Crippen molar-refractivity contribution in [3.8, 4) is 0 Å². The molecule has 2 aromatic rings. The second-order valence-corrected chi connectivity index (χ2v) is 7.72. The van der Waals surface area contributed by atoms with E-state index >= 15 is 0 Å². The summed E-state index contributed by atoms with van der Waals surface area (Å²) in [5.74, 6) is -0.236. The number of alkyl halides is 3. The highest BCUT2D eigenvalue weighted by Crippen LogP contribution is 2.27. The standard InChI is InChI=1S/C17H24N2O2.C5H4F3N3/c1-12(19-11-17-16(20)3-2-8-21-17)13-4-5-15-10-18-7-6-14(15)9-13;6-5(7,8)3-1-10-2-4(9)11-3/h4-5,9,16-20H,1-3,6-8,10-11H2;1-2H,(H2,9,11). The first-order valence-electron chi connectivity index (χ1n) is 10.4. The Bertz CT molecular complexity index is 923. The third kappa shape index (κ3) is 6.65. The van der Waals surface area contributed by atoms with Crippen molar-refractivity contribution >= 4 is 11.5 Å². The normalized spacial score (nSPS) is 20.5. The van der Waals surface area contributed by atoms with E-state index in [0.29, 0.717) is 12.7 Å². The van der Waals surface area contributed by atoms with E-state index < -0.39 is 11.9 Å². The van der Waals surface area contributed by atoms with E-state index in [1.807, 2.05) is 0 Å². The number of hydrogen-bond acceptors (Lipinski definition) is 7. The third-order valence-electron chi connectivity index (χ3n) is 5.31. The van der Waals surface area contributed by atoms with Crippen LogP contribution in [-0.4, -0.2) is 47.0 Å². The zero-order valence-electron chi connectivity index (χ0n) is 17.7. The van der Waals surface area contributed by atoms with Crippen LogP contribution in [0.1, 0.15) is 35.2 Å². The van der Waals surface area contributed by atoms with E-state index in [0.717, 1.165) is 56.4 Å². The molecular formula is C22H28F3N5O2. The SMILES string of the molecule is C=C(NCC1OCCCC1O)c1ccc2c(c1)CCNC2.Nc1cncc(C(F)(F)F)n1. The van der Waals surface area contributed by atoms with Gasteiger partial charge in [0.1, 0.15) is 11.9 Å². The van der Waals surface area contributed by atoms with Gasteiger partial charge in [0, 0.05) is 25.4 Å². The summed E-state index contributed by atoms with van der Waals surface area (Å²) in [7, 11) is 0. The second kappa shape index (κ2) is 10.8. The molecule has 4 rings (SSSR count). The van der Waals surface area contributed by atoms with Gasteiger partial charge in [-0.25, -0.2) is 4.98 Å². The Hall–Kier alpha value is -2.69. The van der Waals surface area contributed by atoms with Gasteiger partial charge >= 0.3 is 6.18 Å². The van der Waals surface area contributed by atoms with Crippen LogP contribution < -0.4 is 16.4 Å². The molecule has 1 fully saturated rings. The largest absolute Gasteiger partial charge is 0.434 e. The topological polar surface area (TPSA) is 105 Å². The van der Waals surface area contributed by atoms with E-state index in [4.69, 9.17) is 10.5 Å². The monoisotopic (exact) mass is 451 g/mol. The van der Waals surface area contributed by atoms with Gasteiger partial charge in [-0.3, -0.25) is 4.98 Å². The predicted octanol–water partition coefficient (Wildman–Crippen LogP) is 2.51. The maximum absolute atomic E-state index is 11.8. The van der Waals surface area contributed by atoms with Crippen LogP contribution in [0.25, 0.3) is 5.70 Å². The van der Waals surface area contributed by atoms with E-state index in [-0.39, 0.29) is 18.0 Å². The van der Waals surface area contributed by atoms with Crippen LogP contribution in [0, 0.1) is 0 Å². The Balaban J connectivity index is 0.000000222. The van der Waals surface area contributed by atoms with Crippen LogP contribution in [0.3, 0.4) is 0 Å². The first-order chi connectivity index (χ1) is 15.2. The number of rotatable bonds is 4. The molecule has 0 radical (unpaired) electrons. The van der Waals surface area contributed by atoms with Crippen molar-refractivity contribution in [2.45, 2.75) is 44.2 Å². The number of nitrogen functional groups attached to an aromatic ring is 1. The summed E-state index contributed by atoms with van der Waals surface area (Å²) >= 11 is 0. The lowest BCUT2D eigenvalue weighted by Crippen LogP contribution is -2.41. The fourth-order valence-electron chi connectivity index (χ4n) is 3.53. The fourth-order valence-corrected chi connectivity index (χ4v) is 3.53. The number of hydrogen-bond donors (Lipinski definition) is 4. The summed E-state index contributed by atoms with van der Waals surface area (Å²) in [4.78, 5) is 6.28. The zero-order chi connectivity index (χ0) is 23.1. The summed E-state index contributed by atoms with van der Waals surface area (Å²) in [6.45, 7) is 7.46. The molecule has 32 heavy (non-hydrogen) atoms. The van der Waals surface area contributed by atoms with Crippen molar-refractivity contribution in [2.24, 2.45) is 0 Å². The van der Waals surface area contributed by atoms with Crippen molar-refractivity contribution < 1.29 is 23.0 Å². The number of nitrogens with two attached hydrogens (primary N) is 1. The number of nitrogens with one attached hydrogen (secondary N) is 2. The number of aromatic nitrogens is 2. The highest BCUT2D eigenvalue weighted by molar-refractivity contribution is 5.63. The average Bonchev–Trinajstić information content (AvgIpc) is 2.78. The smallest absolute Gasteiger partial charge is 0.390 e. The van der Waals surface area contributed by atoms with E-state index in [1.165, 1.54) is 11.1 Å². The molecule has 2 unspecified atom stereocenters. The van der Waals surface area contributed by atoms with Gasteiger partial charge in [-0.05, 0) is 48.6 Å². The second-order valence-electron chi connectivity index (χ2n) is 7.72. The Morgan fingerprint density at radius 1 is 1.31 bits per heavy atom. The molecule has 10 heteroatoms. The van der Waals surface area contributed by atoms with Crippen molar-refractivity contribution in [2.75, 3.05) is 25.4 Å². The van der Waals surface area contributed by atoms with Crippen LogP contribution in [0.15, 0.2) is 37.2 Å². The maximum atomic E-state index is 11.8. The molecule has 1 saturated heterocycles. The number of anilines is 1. The number of fused-ring (bicyclic) bond motifs is 1. The molecule has 174 valence electrons. The highest BCUT2D eigenvalue weighted by Gasteiger charge is 2.32. The van der Waals surface area contributed by atoms with Gasteiger partial charge < -0.3 is 26.2 Å². The van der Waals surface area contributed by atoms with Gasteiger partial charge in [0.15, 0.2) is 5.69 Å². The maximum Gasteiger partial charge on any atom is 0.434 e. The van der Waals surface area contributed by atoms with E-state index in [9.17, 15) is 18.3 Å². The number of nitrogens with zero attached hydrogens (tertiary/aromatic N) is 2. The molecule has 5 N–H and O–H groups in total. The Kier molecular flexibility index (Phi) is 8.05. The number of aliphatic hydroxyl groups excluding tert-OH is 1. The molecule has 2 atom stereocenters. The van der Waals surface area contributed by atoms with Gasteiger partial charge in [0.05, 0.1) is 18.5 Å². The van der Waals surface area contributed by atoms with Crippen molar-refractivity contribution in [1.29, 1.82) is 0 Å². The van der Waals surface area contributed by atoms with E-state index in [1.54, 1.807) is 0 Å². The number of aliphatic hydroxyl groups is 1. The van der Waals surface area contributed by atoms with Crippen LogP contribution in [0.5, 0.6) is 0 Å². The van der Waals surface area contributed by atoms with Crippen LogP contribution in [-0.2, 0) is 23.9 Å². The summed E-state index contributed by atoms with van der Waals surface area (Å²) in [5.41, 5.74) is 8.72. The van der Waals surface area contributed by atoms with Crippen LogP contribution in [0.4, 0.5) is 19.0 Å². The van der Waals surface area contributed by atoms with Crippen molar-refractivity contribution in [1.82, 2.24) is 20.6 Å². The minimum atomic E-state index is -4.47. The fraction of sp³-hybridized carbons (Fsp3) is 0.455. The minimum absolute atomic E-state index is 0.127. The minimum Gasteiger partial charge on any atom is -0.390 e. The number of halogens is 3. The lowest BCUT2D eigenvalue weighted by Gasteiger charge is -2.29. The molecule has 1 aromatic carbocycles. The quantitative estimate of drug-likeness (QED) is 0.566. The van der Waals surface area contributed by atoms with Gasteiger partial charge in [-0.15, -0.1) is 0 Å². The number of ether oxygens (including phenoxy) is 1. The van der Waals surface area contributed by atoms with Gasteiger partial charge in [0.2, 0.25) is 0 Å². The zero-order valence-corrected chi connectivity index (χ0v) is 17.7. The molecule has 2 aliphatic heterocycles. The van der Waals surface area contributed by atoms with Crippen molar-refractivity contribution in [3.63, 3.8) is 0 Å². The van der Waals surface area contributed by atoms with Crippen LogP contribution in [0.2, 0.25) is 0 Å². The summed E-state index contributed by atoms with van der Waals surface area (Å²) < 4.78 is 41.0. The van der Waals surface area contributed by atoms with Gasteiger partial charge in [0.25, 0.3) is 0 Å². The Morgan fingerprint density at radius 2 is 2.12 bits per heavy atom. The van der Waals surface area contributed by atoms with E-state index in [2.05, 4.69) is 45.4 Å². The molecule has 2 aliphatic rings. The first kappa shape index (κ1) is 24.0.